The molecular weight excluding hydrogens is 398 g/mol. The van der Waals surface area contributed by atoms with E-state index in [-0.39, 0.29) is 31.6 Å². The van der Waals surface area contributed by atoms with Crippen molar-refractivity contribution in [3.63, 3.8) is 0 Å². The monoisotopic (exact) mass is 413 g/mol. The lowest BCUT2D eigenvalue weighted by Gasteiger charge is -2.13. The average Bonchev–Trinajstić information content (AvgIpc) is 3.25. The summed E-state index contributed by atoms with van der Waals surface area (Å²) in [7, 11) is 0. The molecule has 0 spiro atoms. The number of hydrogen-bond donors (Lipinski definition) is 1. The summed E-state index contributed by atoms with van der Waals surface area (Å²) in [5, 5.41) is 2.69. The number of hydrogen-bond acceptors (Lipinski definition) is 7. The molecule has 0 saturated carbocycles. The lowest BCUT2D eigenvalue weighted by Crippen LogP contribution is -2.31. The predicted octanol–water partition coefficient (Wildman–Crippen LogP) is 3.04. The van der Waals surface area contributed by atoms with Crippen LogP contribution in [0.3, 0.4) is 0 Å². The van der Waals surface area contributed by atoms with Crippen LogP contribution in [0.4, 0.5) is 5.82 Å². The van der Waals surface area contributed by atoms with Crippen molar-refractivity contribution in [3.8, 4) is 11.5 Å². The largest absolute Gasteiger partial charge is 0.454 e. The van der Waals surface area contributed by atoms with Gasteiger partial charge >= 0.3 is 0 Å². The normalized spacial score (nSPS) is 16.7. The Kier molecular flexibility index (Phi) is 5.27. The van der Waals surface area contributed by atoms with Gasteiger partial charge in [0.25, 0.3) is 5.91 Å². The van der Waals surface area contributed by atoms with Crippen LogP contribution in [0.5, 0.6) is 11.5 Å². The van der Waals surface area contributed by atoms with Gasteiger partial charge in [-0.3, -0.25) is 14.5 Å². The van der Waals surface area contributed by atoms with Crippen LogP contribution >= 0.6 is 24.0 Å². The summed E-state index contributed by atoms with van der Waals surface area (Å²) in [4.78, 5) is 30.7. The highest BCUT2D eigenvalue weighted by molar-refractivity contribution is 8.26. The van der Waals surface area contributed by atoms with Gasteiger partial charge in [-0.05, 0) is 35.9 Å². The summed E-state index contributed by atoms with van der Waals surface area (Å²) in [5.74, 6) is 1.37. The minimum Gasteiger partial charge on any atom is -0.454 e. The number of carbonyl (C=O) groups excluding carboxylic acids is 2. The van der Waals surface area contributed by atoms with Gasteiger partial charge in [0.15, 0.2) is 11.5 Å². The molecule has 1 saturated heterocycles. The van der Waals surface area contributed by atoms with E-state index in [1.54, 1.807) is 36.5 Å². The number of pyridine rings is 1. The van der Waals surface area contributed by atoms with Gasteiger partial charge in [0.1, 0.15) is 10.1 Å². The molecule has 1 N–H and O–H groups in total. The van der Waals surface area contributed by atoms with Crippen molar-refractivity contribution in [2.24, 2.45) is 0 Å². The number of thioether (sulfide) groups is 1. The molecule has 28 heavy (non-hydrogen) atoms. The van der Waals surface area contributed by atoms with E-state index in [1.165, 1.54) is 16.7 Å². The molecule has 9 heteroatoms. The highest BCUT2D eigenvalue weighted by Gasteiger charge is 2.32. The van der Waals surface area contributed by atoms with E-state index < -0.39 is 0 Å². The highest BCUT2D eigenvalue weighted by Crippen LogP contribution is 2.36. The van der Waals surface area contributed by atoms with Crippen LogP contribution in [0.2, 0.25) is 0 Å². The number of rotatable bonds is 5. The molecule has 0 radical (unpaired) electrons. The standard InChI is InChI=1S/C19H15N3O4S2/c23-17(21-16-3-1-2-7-20-16)6-8-22-18(24)15(28-19(22)27)10-12-4-5-13-14(9-12)26-11-25-13/h1-5,7,9-10H,6,8,11H2,(H,20,21,23)/b15-10-. The molecule has 0 atom stereocenters. The summed E-state index contributed by atoms with van der Waals surface area (Å²) in [6.45, 7) is 0.406. The second kappa shape index (κ2) is 7.99. The van der Waals surface area contributed by atoms with Crippen LogP contribution in [0.25, 0.3) is 6.08 Å². The maximum atomic E-state index is 12.7. The molecular formula is C19H15N3O4S2. The van der Waals surface area contributed by atoms with Gasteiger partial charge < -0.3 is 14.8 Å². The van der Waals surface area contributed by atoms with E-state index >= 15 is 0 Å². The zero-order valence-electron chi connectivity index (χ0n) is 14.6. The Morgan fingerprint density at radius 2 is 2.14 bits per heavy atom. The first-order valence-corrected chi connectivity index (χ1v) is 9.68. The van der Waals surface area contributed by atoms with Crippen molar-refractivity contribution in [2.75, 3.05) is 18.7 Å². The van der Waals surface area contributed by atoms with Crippen molar-refractivity contribution in [1.82, 2.24) is 9.88 Å². The minimum atomic E-state index is -0.229. The topological polar surface area (TPSA) is 80.8 Å². The Morgan fingerprint density at radius 1 is 1.29 bits per heavy atom. The maximum Gasteiger partial charge on any atom is 0.266 e. The summed E-state index contributed by atoms with van der Waals surface area (Å²) in [6.07, 6.45) is 3.48. The Bertz CT molecular complexity index is 978. The molecule has 0 bridgehead atoms. The number of nitrogens with one attached hydrogen (secondary N) is 1. The van der Waals surface area contributed by atoms with Crippen LogP contribution in [-0.2, 0) is 9.59 Å². The van der Waals surface area contributed by atoms with Gasteiger partial charge in [0.05, 0.1) is 4.91 Å². The molecule has 4 rings (SSSR count). The summed E-state index contributed by atoms with van der Waals surface area (Å²) >= 11 is 6.53. The third-order valence-corrected chi connectivity index (χ3v) is 5.44. The van der Waals surface area contributed by atoms with Gasteiger partial charge in [0.2, 0.25) is 12.7 Å². The van der Waals surface area contributed by atoms with Gasteiger partial charge in [-0.15, -0.1) is 0 Å². The number of nitrogens with zero attached hydrogens (tertiary/aromatic N) is 2. The van der Waals surface area contributed by atoms with Crippen LogP contribution in [0.1, 0.15) is 12.0 Å². The number of fused-ring (bicyclic) bond motifs is 1. The van der Waals surface area contributed by atoms with Crippen molar-refractivity contribution >= 4 is 52.0 Å². The molecule has 7 nitrogen and oxygen atoms in total. The fourth-order valence-electron chi connectivity index (χ4n) is 2.70. The van der Waals surface area contributed by atoms with Crippen molar-refractivity contribution < 1.29 is 19.1 Å². The second-order valence-electron chi connectivity index (χ2n) is 5.96. The van der Waals surface area contributed by atoms with Crippen molar-refractivity contribution in [2.45, 2.75) is 6.42 Å². The van der Waals surface area contributed by atoms with E-state index in [1.807, 2.05) is 12.1 Å². The van der Waals surface area contributed by atoms with Crippen LogP contribution in [-0.4, -0.2) is 39.4 Å². The lowest BCUT2D eigenvalue weighted by atomic mass is 10.2. The lowest BCUT2D eigenvalue weighted by molar-refractivity contribution is -0.122. The SMILES string of the molecule is O=C(CCN1C(=O)/C(=C/c2ccc3c(c2)OCO3)SC1=S)Nc1ccccn1. The minimum absolute atomic E-state index is 0.125. The van der Waals surface area contributed by atoms with Crippen molar-refractivity contribution in [1.29, 1.82) is 0 Å². The van der Waals surface area contributed by atoms with E-state index in [0.717, 1.165) is 5.56 Å². The molecule has 0 aliphatic carbocycles. The molecule has 2 aliphatic rings. The zero-order chi connectivity index (χ0) is 19.5. The number of benzene rings is 1. The van der Waals surface area contributed by atoms with Gasteiger partial charge in [-0.2, -0.15) is 0 Å². The summed E-state index contributed by atoms with van der Waals surface area (Å²) in [6, 6.07) is 10.7. The molecule has 3 heterocycles. The Hall–Kier alpha value is -2.91. The maximum absolute atomic E-state index is 12.7. The van der Waals surface area contributed by atoms with Crippen LogP contribution in [0, 0.1) is 0 Å². The van der Waals surface area contributed by atoms with E-state index in [0.29, 0.717) is 26.5 Å². The Labute approximate surface area is 170 Å². The van der Waals surface area contributed by atoms with Crippen molar-refractivity contribution in [3.05, 3.63) is 53.1 Å². The summed E-state index contributed by atoms with van der Waals surface area (Å²) in [5.41, 5.74) is 0.817. The van der Waals surface area contributed by atoms with E-state index in [4.69, 9.17) is 21.7 Å². The average molecular weight is 413 g/mol. The molecule has 1 aromatic heterocycles. The third kappa shape index (κ3) is 4.00. The number of aromatic nitrogens is 1. The van der Waals surface area contributed by atoms with E-state index in [2.05, 4.69) is 10.3 Å². The predicted molar refractivity (Wildman–Crippen MR) is 110 cm³/mol. The number of carbonyl (C=O) groups is 2. The molecule has 1 aromatic carbocycles. The van der Waals surface area contributed by atoms with Gasteiger partial charge in [-0.1, -0.05) is 36.1 Å². The number of anilines is 1. The molecule has 2 aromatic rings. The quantitative estimate of drug-likeness (QED) is 0.596. The summed E-state index contributed by atoms with van der Waals surface area (Å²) < 4.78 is 11.1. The first kappa shape index (κ1) is 18.5. The fraction of sp³-hybridized carbons (Fsp3) is 0.158. The second-order valence-corrected chi connectivity index (χ2v) is 7.63. The van der Waals surface area contributed by atoms with Gasteiger partial charge in [0, 0.05) is 19.2 Å². The molecule has 2 amide bonds. The third-order valence-electron chi connectivity index (χ3n) is 4.06. The zero-order valence-corrected chi connectivity index (χ0v) is 16.2. The molecule has 2 aliphatic heterocycles. The number of amides is 2. The number of thiocarbonyl (C=S) groups is 1. The van der Waals surface area contributed by atoms with Crippen LogP contribution < -0.4 is 14.8 Å². The van der Waals surface area contributed by atoms with E-state index in [9.17, 15) is 9.59 Å². The van der Waals surface area contributed by atoms with Crippen LogP contribution in [0.15, 0.2) is 47.5 Å². The first-order valence-electron chi connectivity index (χ1n) is 8.46. The fourth-order valence-corrected chi connectivity index (χ4v) is 4.01. The Balaban J connectivity index is 1.39. The van der Waals surface area contributed by atoms with Gasteiger partial charge in [-0.25, -0.2) is 4.98 Å². The molecule has 1 fully saturated rings. The number of ether oxygens (including phenoxy) is 2. The molecule has 142 valence electrons. The highest BCUT2D eigenvalue weighted by atomic mass is 32.2. The molecule has 0 unspecified atom stereocenters. The smallest absolute Gasteiger partial charge is 0.266 e. The first-order chi connectivity index (χ1) is 13.6. The Morgan fingerprint density at radius 3 is 2.96 bits per heavy atom.